The van der Waals surface area contributed by atoms with Gasteiger partial charge in [-0.15, -0.1) is 0 Å². The zero-order chi connectivity index (χ0) is 34.6. The van der Waals surface area contributed by atoms with E-state index in [2.05, 4.69) is 173 Å². The highest BCUT2D eigenvalue weighted by Gasteiger charge is 2.21. The third kappa shape index (κ3) is 4.72. The molecule has 7 aromatic carbocycles. The Bertz CT molecular complexity index is 2930. The molecule has 3 heterocycles. The second-order valence-electron chi connectivity index (χ2n) is 13.1. The molecule has 0 bridgehead atoms. The summed E-state index contributed by atoms with van der Waals surface area (Å²) in [5.74, 6) is 0. The number of hydrogen-bond donors (Lipinski definition) is 0. The summed E-state index contributed by atoms with van der Waals surface area (Å²) in [6.07, 6.45) is 0. The summed E-state index contributed by atoms with van der Waals surface area (Å²) in [5, 5.41) is 14.4. The average molecular weight is 663 g/mol. The smallest absolute Gasteiger partial charge is 0.0991 e. The van der Waals surface area contributed by atoms with E-state index in [0.717, 1.165) is 77.9 Å². The van der Waals surface area contributed by atoms with Crippen molar-refractivity contribution in [3.8, 4) is 51.1 Å². The zero-order valence-corrected chi connectivity index (χ0v) is 28.1. The van der Waals surface area contributed by atoms with Gasteiger partial charge in [-0.3, -0.25) is 0 Å². The molecular formula is C48H30N4. The Morgan fingerprint density at radius 3 is 1.69 bits per heavy atom. The van der Waals surface area contributed by atoms with E-state index < -0.39 is 0 Å². The highest BCUT2D eigenvalue weighted by molar-refractivity contribution is 6.26. The topological polar surface area (TPSA) is 46.5 Å². The lowest BCUT2D eigenvalue weighted by Crippen LogP contribution is -1.96. The standard InChI is InChI=1S/C48H30N4/c49-31-32-20-26-45-41(28-32)39-25-27-46-47(40-18-10-11-19-44(40)51(46)37-16-8-3-9-17-37)48(39)52(45)38-23-21-35(22-24-38)43-30-36(33-12-4-1-5-13-33)29-42(50-43)34-14-6-2-7-15-34/h1-30H. The molecule has 4 nitrogen and oxygen atoms in total. The van der Waals surface area contributed by atoms with Crippen LogP contribution in [0.15, 0.2) is 182 Å². The Kier molecular flexibility index (Phi) is 6.84. The van der Waals surface area contributed by atoms with E-state index in [1.54, 1.807) is 0 Å². The fourth-order valence-corrected chi connectivity index (χ4v) is 7.77. The molecule has 10 rings (SSSR count). The highest BCUT2D eigenvalue weighted by atomic mass is 15.0. The summed E-state index contributed by atoms with van der Waals surface area (Å²) in [6.45, 7) is 0. The second kappa shape index (κ2) is 12.0. The molecule has 0 spiro atoms. The van der Waals surface area contributed by atoms with Crippen LogP contribution in [-0.2, 0) is 0 Å². The van der Waals surface area contributed by atoms with Gasteiger partial charge in [0.05, 0.1) is 45.1 Å². The lowest BCUT2D eigenvalue weighted by atomic mass is 10.00. The fourth-order valence-electron chi connectivity index (χ4n) is 7.77. The molecule has 0 fully saturated rings. The first-order valence-corrected chi connectivity index (χ1v) is 17.4. The molecule has 0 amide bonds. The third-order valence-electron chi connectivity index (χ3n) is 10.1. The molecule has 0 aliphatic heterocycles. The fraction of sp³-hybridized carbons (Fsp3) is 0. The minimum atomic E-state index is 0.646. The van der Waals surface area contributed by atoms with Crippen LogP contribution < -0.4 is 0 Å². The van der Waals surface area contributed by atoms with Gasteiger partial charge in [-0.05, 0) is 77.9 Å². The Labute approximate surface area is 300 Å². The molecule has 0 radical (unpaired) electrons. The molecule has 0 saturated carbocycles. The summed E-state index contributed by atoms with van der Waals surface area (Å²) in [4.78, 5) is 5.18. The van der Waals surface area contributed by atoms with Crippen LogP contribution in [0, 0.1) is 11.3 Å². The van der Waals surface area contributed by atoms with E-state index in [-0.39, 0.29) is 0 Å². The molecule has 3 aromatic heterocycles. The Morgan fingerprint density at radius 1 is 0.404 bits per heavy atom. The monoisotopic (exact) mass is 662 g/mol. The predicted molar refractivity (Wildman–Crippen MR) is 214 cm³/mol. The largest absolute Gasteiger partial charge is 0.309 e. The van der Waals surface area contributed by atoms with Gasteiger partial charge in [-0.1, -0.05) is 115 Å². The maximum Gasteiger partial charge on any atom is 0.0991 e. The second-order valence-corrected chi connectivity index (χ2v) is 13.1. The van der Waals surface area contributed by atoms with E-state index in [1.165, 1.54) is 10.8 Å². The van der Waals surface area contributed by atoms with Gasteiger partial charge in [0.25, 0.3) is 0 Å². The molecule has 52 heavy (non-hydrogen) atoms. The minimum absolute atomic E-state index is 0.646. The molecular weight excluding hydrogens is 633 g/mol. The van der Waals surface area contributed by atoms with Crippen molar-refractivity contribution in [3.05, 3.63) is 188 Å². The van der Waals surface area contributed by atoms with E-state index in [1.807, 2.05) is 24.3 Å². The number of nitriles is 1. The molecule has 0 aliphatic carbocycles. The summed E-state index contributed by atoms with van der Waals surface area (Å²) in [6, 6.07) is 66.0. The quantitative estimate of drug-likeness (QED) is 0.184. The van der Waals surface area contributed by atoms with Crippen molar-refractivity contribution in [1.29, 1.82) is 5.26 Å². The van der Waals surface area contributed by atoms with Gasteiger partial charge in [0.2, 0.25) is 0 Å². The number of aromatic nitrogens is 3. The number of hydrogen-bond acceptors (Lipinski definition) is 2. The first-order chi connectivity index (χ1) is 25.7. The van der Waals surface area contributed by atoms with E-state index >= 15 is 0 Å². The lowest BCUT2D eigenvalue weighted by Gasteiger charge is -2.13. The average Bonchev–Trinajstić information content (AvgIpc) is 3.74. The van der Waals surface area contributed by atoms with Gasteiger partial charge < -0.3 is 9.13 Å². The highest BCUT2D eigenvalue weighted by Crippen LogP contribution is 2.42. The first-order valence-electron chi connectivity index (χ1n) is 17.4. The zero-order valence-electron chi connectivity index (χ0n) is 28.1. The molecule has 242 valence electrons. The molecule has 10 aromatic rings. The lowest BCUT2D eigenvalue weighted by molar-refractivity contribution is 1.17. The van der Waals surface area contributed by atoms with Crippen LogP contribution in [0.2, 0.25) is 0 Å². The van der Waals surface area contributed by atoms with E-state index in [9.17, 15) is 5.26 Å². The summed E-state index contributed by atoms with van der Waals surface area (Å²) < 4.78 is 4.72. The number of benzene rings is 7. The van der Waals surface area contributed by atoms with Crippen LogP contribution in [0.3, 0.4) is 0 Å². The van der Waals surface area contributed by atoms with Crippen molar-refractivity contribution in [2.45, 2.75) is 0 Å². The number of rotatable bonds is 5. The SMILES string of the molecule is N#Cc1ccc2c(c1)c1ccc3c(c4ccccc4n3-c3ccccc3)c1n2-c1ccc(-c2cc(-c3ccccc3)cc(-c3ccccc3)n2)cc1. The van der Waals surface area contributed by atoms with Crippen molar-refractivity contribution < 1.29 is 0 Å². The van der Waals surface area contributed by atoms with Crippen molar-refractivity contribution in [2.75, 3.05) is 0 Å². The Hall–Kier alpha value is -7.22. The van der Waals surface area contributed by atoms with Crippen molar-refractivity contribution in [2.24, 2.45) is 0 Å². The van der Waals surface area contributed by atoms with Gasteiger partial charge in [-0.25, -0.2) is 4.98 Å². The molecule has 0 N–H and O–H groups in total. The predicted octanol–water partition coefficient (Wildman–Crippen LogP) is 12.1. The van der Waals surface area contributed by atoms with Crippen LogP contribution in [0.5, 0.6) is 0 Å². The van der Waals surface area contributed by atoms with Gasteiger partial charge in [0.15, 0.2) is 0 Å². The van der Waals surface area contributed by atoms with Crippen LogP contribution in [0.4, 0.5) is 0 Å². The van der Waals surface area contributed by atoms with Crippen molar-refractivity contribution >= 4 is 43.6 Å². The summed E-state index contributed by atoms with van der Waals surface area (Å²) in [5.41, 5.74) is 13.5. The molecule has 0 saturated heterocycles. The third-order valence-corrected chi connectivity index (χ3v) is 10.1. The summed E-state index contributed by atoms with van der Waals surface area (Å²) >= 11 is 0. The maximum absolute atomic E-state index is 9.89. The number of para-hydroxylation sites is 2. The number of fused-ring (bicyclic) bond motifs is 7. The van der Waals surface area contributed by atoms with Gasteiger partial charge in [0.1, 0.15) is 0 Å². The van der Waals surface area contributed by atoms with Crippen LogP contribution in [0.1, 0.15) is 5.56 Å². The normalized spacial score (nSPS) is 11.4. The molecule has 0 atom stereocenters. The van der Waals surface area contributed by atoms with Crippen molar-refractivity contribution in [1.82, 2.24) is 14.1 Å². The van der Waals surface area contributed by atoms with Crippen LogP contribution in [-0.4, -0.2) is 14.1 Å². The maximum atomic E-state index is 9.89. The Morgan fingerprint density at radius 2 is 0.981 bits per heavy atom. The molecule has 4 heteroatoms. The van der Waals surface area contributed by atoms with Crippen molar-refractivity contribution in [3.63, 3.8) is 0 Å². The first kappa shape index (κ1) is 29.7. The Balaban J connectivity index is 1.21. The minimum Gasteiger partial charge on any atom is -0.309 e. The molecule has 0 unspecified atom stereocenters. The van der Waals surface area contributed by atoms with E-state index in [0.29, 0.717) is 5.56 Å². The van der Waals surface area contributed by atoms with Gasteiger partial charge >= 0.3 is 0 Å². The number of pyridine rings is 1. The summed E-state index contributed by atoms with van der Waals surface area (Å²) in [7, 11) is 0. The number of nitrogens with zero attached hydrogens (tertiary/aromatic N) is 4. The van der Waals surface area contributed by atoms with E-state index in [4.69, 9.17) is 4.98 Å². The van der Waals surface area contributed by atoms with Gasteiger partial charge in [0, 0.05) is 44.0 Å². The van der Waals surface area contributed by atoms with Gasteiger partial charge in [-0.2, -0.15) is 5.26 Å². The molecule has 0 aliphatic rings. The van der Waals surface area contributed by atoms with Crippen LogP contribution in [0.25, 0.3) is 88.6 Å². The van der Waals surface area contributed by atoms with Crippen LogP contribution >= 0.6 is 0 Å².